The molecule has 5 nitrogen and oxygen atoms in total. The lowest BCUT2D eigenvalue weighted by Crippen LogP contribution is -2.29. The second-order valence-corrected chi connectivity index (χ2v) is 4.19. The van der Waals surface area contributed by atoms with Crippen LogP contribution in [0.25, 0.3) is 0 Å². The van der Waals surface area contributed by atoms with Crippen molar-refractivity contribution < 1.29 is 22.7 Å². The first kappa shape index (κ1) is 12.8. The fourth-order valence-electron chi connectivity index (χ4n) is 2.05. The van der Waals surface area contributed by atoms with Gasteiger partial charge in [0.2, 0.25) is 0 Å². The first-order valence-electron chi connectivity index (χ1n) is 5.46. The number of esters is 1. The third-order valence-electron chi connectivity index (χ3n) is 2.92. The summed E-state index contributed by atoms with van der Waals surface area (Å²) >= 11 is 0. The minimum Gasteiger partial charge on any atom is -0.469 e. The molecule has 1 aromatic heterocycles. The summed E-state index contributed by atoms with van der Waals surface area (Å²) < 4.78 is 43.0. The SMILES string of the molecule is COC(=O)[C@H]1CCc2nnc(CC(F)(F)F)n2C1. The van der Waals surface area contributed by atoms with E-state index in [1.807, 2.05) is 0 Å². The lowest BCUT2D eigenvalue weighted by atomic mass is 9.99. The highest BCUT2D eigenvalue weighted by Gasteiger charge is 2.34. The van der Waals surface area contributed by atoms with Crippen LogP contribution in [0.5, 0.6) is 0 Å². The summed E-state index contributed by atoms with van der Waals surface area (Å²) in [6.07, 6.45) is -4.50. The van der Waals surface area contributed by atoms with Crippen molar-refractivity contribution in [2.75, 3.05) is 7.11 Å². The highest BCUT2D eigenvalue weighted by Crippen LogP contribution is 2.25. The number of fused-ring (bicyclic) bond motifs is 1. The maximum atomic E-state index is 12.3. The highest BCUT2D eigenvalue weighted by molar-refractivity contribution is 5.72. The predicted octanol–water partition coefficient (Wildman–Crippen LogP) is 1.12. The number of alkyl halides is 3. The minimum absolute atomic E-state index is 0.147. The van der Waals surface area contributed by atoms with E-state index in [-0.39, 0.29) is 12.4 Å². The Morgan fingerprint density at radius 2 is 2.22 bits per heavy atom. The first-order chi connectivity index (χ1) is 8.40. The van der Waals surface area contributed by atoms with E-state index in [1.54, 1.807) is 0 Å². The van der Waals surface area contributed by atoms with Crippen LogP contribution in [0.4, 0.5) is 13.2 Å². The summed E-state index contributed by atoms with van der Waals surface area (Å²) in [5.74, 6) is -0.488. The number of nitrogens with zero attached hydrogens (tertiary/aromatic N) is 3. The van der Waals surface area contributed by atoms with Gasteiger partial charge >= 0.3 is 12.1 Å². The molecular formula is C10H12F3N3O2. The molecular weight excluding hydrogens is 251 g/mol. The zero-order valence-electron chi connectivity index (χ0n) is 9.70. The fourth-order valence-corrected chi connectivity index (χ4v) is 2.05. The first-order valence-corrected chi connectivity index (χ1v) is 5.46. The van der Waals surface area contributed by atoms with E-state index in [4.69, 9.17) is 0 Å². The Balaban J connectivity index is 2.19. The van der Waals surface area contributed by atoms with Gasteiger partial charge in [-0.1, -0.05) is 0 Å². The van der Waals surface area contributed by atoms with Gasteiger partial charge in [-0.25, -0.2) is 0 Å². The van der Waals surface area contributed by atoms with E-state index in [2.05, 4.69) is 14.9 Å². The van der Waals surface area contributed by atoms with Crippen LogP contribution in [0, 0.1) is 5.92 Å². The predicted molar refractivity (Wildman–Crippen MR) is 53.6 cm³/mol. The van der Waals surface area contributed by atoms with Gasteiger partial charge in [-0.05, 0) is 6.42 Å². The lowest BCUT2D eigenvalue weighted by molar-refractivity contribution is -0.146. The third-order valence-corrected chi connectivity index (χ3v) is 2.92. The summed E-state index contributed by atoms with van der Waals surface area (Å²) in [6.45, 7) is 0.153. The minimum atomic E-state index is -4.33. The van der Waals surface area contributed by atoms with Gasteiger partial charge < -0.3 is 9.30 Å². The number of hydrogen-bond acceptors (Lipinski definition) is 4. The summed E-state index contributed by atoms with van der Waals surface area (Å²) in [7, 11) is 1.26. The molecule has 0 fully saturated rings. The number of hydrogen-bond donors (Lipinski definition) is 0. The van der Waals surface area contributed by atoms with Crippen molar-refractivity contribution in [1.29, 1.82) is 0 Å². The van der Waals surface area contributed by atoms with Gasteiger partial charge in [-0.3, -0.25) is 4.79 Å². The number of methoxy groups -OCH3 is 1. The zero-order chi connectivity index (χ0) is 13.3. The van der Waals surface area contributed by atoms with Crippen molar-refractivity contribution in [1.82, 2.24) is 14.8 Å². The number of halogens is 3. The molecule has 0 spiro atoms. The quantitative estimate of drug-likeness (QED) is 0.750. The average molecular weight is 263 g/mol. The molecule has 1 aromatic rings. The van der Waals surface area contributed by atoms with Crippen molar-refractivity contribution in [3.05, 3.63) is 11.6 Å². The maximum Gasteiger partial charge on any atom is 0.396 e. The summed E-state index contributed by atoms with van der Waals surface area (Å²) in [6, 6.07) is 0. The molecule has 8 heteroatoms. The molecule has 2 heterocycles. The molecule has 0 amide bonds. The molecule has 1 atom stereocenters. The molecule has 0 saturated carbocycles. The van der Waals surface area contributed by atoms with E-state index in [9.17, 15) is 18.0 Å². The smallest absolute Gasteiger partial charge is 0.396 e. The standard InChI is InChI=1S/C10H12F3N3O2/c1-18-9(17)6-2-3-7-14-15-8(16(7)5-6)4-10(11,12)13/h6H,2-5H2,1H3/t6-/m0/s1. The molecule has 1 aliphatic rings. The van der Waals surface area contributed by atoms with Crippen LogP contribution in [0.3, 0.4) is 0 Å². The molecule has 0 aliphatic carbocycles. The Morgan fingerprint density at radius 1 is 1.50 bits per heavy atom. The van der Waals surface area contributed by atoms with Crippen molar-refractivity contribution in [3.63, 3.8) is 0 Å². The zero-order valence-corrected chi connectivity index (χ0v) is 9.70. The fraction of sp³-hybridized carbons (Fsp3) is 0.700. The van der Waals surface area contributed by atoms with Crippen LogP contribution in [-0.4, -0.2) is 34.0 Å². The molecule has 0 radical (unpaired) electrons. The average Bonchev–Trinajstić information content (AvgIpc) is 2.68. The Hall–Kier alpha value is -1.60. The van der Waals surface area contributed by atoms with Crippen LogP contribution in [-0.2, 0) is 28.9 Å². The molecule has 0 saturated heterocycles. The van der Waals surface area contributed by atoms with Crippen molar-refractivity contribution in [2.24, 2.45) is 5.92 Å². The van der Waals surface area contributed by atoms with Crippen LogP contribution in [0.1, 0.15) is 18.1 Å². The van der Waals surface area contributed by atoms with Crippen LogP contribution >= 0.6 is 0 Å². The maximum absolute atomic E-state index is 12.3. The molecule has 0 unspecified atom stereocenters. The third kappa shape index (κ3) is 2.62. The number of aryl methyl sites for hydroxylation is 1. The molecule has 1 aliphatic heterocycles. The largest absolute Gasteiger partial charge is 0.469 e. The Bertz CT molecular complexity index is 456. The Kier molecular flexibility index (Phi) is 3.27. The lowest BCUT2D eigenvalue weighted by Gasteiger charge is -2.22. The van der Waals surface area contributed by atoms with Gasteiger partial charge in [0.25, 0.3) is 0 Å². The van der Waals surface area contributed by atoms with Crippen LogP contribution in [0.15, 0.2) is 0 Å². The molecule has 100 valence electrons. The number of ether oxygens (including phenoxy) is 1. The van der Waals surface area contributed by atoms with E-state index in [0.717, 1.165) is 0 Å². The summed E-state index contributed by atoms with van der Waals surface area (Å²) in [5.41, 5.74) is 0. The second kappa shape index (κ2) is 4.58. The van der Waals surface area contributed by atoms with Crippen molar-refractivity contribution in [2.45, 2.75) is 32.0 Å². The van der Waals surface area contributed by atoms with Gasteiger partial charge in [0, 0.05) is 13.0 Å². The monoisotopic (exact) mass is 263 g/mol. The topological polar surface area (TPSA) is 57.0 Å². The normalized spacial score (nSPS) is 19.4. The summed E-state index contributed by atoms with van der Waals surface area (Å²) in [4.78, 5) is 11.4. The number of aromatic nitrogens is 3. The number of carbonyl (C=O) groups is 1. The van der Waals surface area contributed by atoms with Crippen molar-refractivity contribution >= 4 is 5.97 Å². The molecule has 0 N–H and O–H groups in total. The molecule has 0 bridgehead atoms. The van der Waals surface area contributed by atoms with E-state index in [1.165, 1.54) is 11.7 Å². The Morgan fingerprint density at radius 3 is 2.83 bits per heavy atom. The van der Waals surface area contributed by atoms with Gasteiger partial charge in [-0.2, -0.15) is 13.2 Å². The highest BCUT2D eigenvalue weighted by atomic mass is 19.4. The summed E-state index contributed by atoms with van der Waals surface area (Å²) in [5, 5.41) is 7.26. The van der Waals surface area contributed by atoms with Crippen LogP contribution in [0.2, 0.25) is 0 Å². The number of rotatable bonds is 2. The molecule has 0 aromatic carbocycles. The van der Waals surface area contributed by atoms with E-state index < -0.39 is 24.5 Å². The second-order valence-electron chi connectivity index (χ2n) is 4.19. The van der Waals surface area contributed by atoms with Gasteiger partial charge in [0.1, 0.15) is 18.1 Å². The molecule has 2 rings (SSSR count). The van der Waals surface area contributed by atoms with Crippen LogP contribution < -0.4 is 0 Å². The van der Waals surface area contributed by atoms with Gasteiger partial charge in [0.15, 0.2) is 0 Å². The number of carbonyl (C=O) groups excluding carboxylic acids is 1. The van der Waals surface area contributed by atoms with Crippen molar-refractivity contribution in [3.8, 4) is 0 Å². The molecule has 18 heavy (non-hydrogen) atoms. The van der Waals surface area contributed by atoms with Gasteiger partial charge in [-0.15, -0.1) is 10.2 Å². The van der Waals surface area contributed by atoms with E-state index in [0.29, 0.717) is 18.7 Å². The Labute approximate surface area is 101 Å². The van der Waals surface area contributed by atoms with E-state index >= 15 is 0 Å². The van der Waals surface area contributed by atoms with Gasteiger partial charge in [0.05, 0.1) is 13.0 Å².